The molecule has 0 radical (unpaired) electrons. The largest absolute Gasteiger partial charge is 0.492 e. The Morgan fingerprint density at radius 3 is 2.52 bits per heavy atom. The van der Waals surface area contributed by atoms with Gasteiger partial charge in [-0.3, -0.25) is 19.9 Å². The van der Waals surface area contributed by atoms with Crippen LogP contribution in [0.3, 0.4) is 0 Å². The predicted octanol–water partition coefficient (Wildman–Crippen LogP) is 7.43. The van der Waals surface area contributed by atoms with Crippen molar-refractivity contribution in [3.05, 3.63) is 84.6 Å². The molecule has 2 aliphatic heterocycles. The summed E-state index contributed by atoms with van der Waals surface area (Å²) in [7, 11) is 0. The van der Waals surface area contributed by atoms with Crippen LogP contribution in [0.2, 0.25) is 0 Å². The van der Waals surface area contributed by atoms with Crippen molar-refractivity contribution in [1.29, 1.82) is 0 Å². The highest BCUT2D eigenvalue weighted by atomic mass is 19.1. The molecule has 6 heterocycles. The zero-order valence-electron chi connectivity index (χ0n) is 25.9. The number of ether oxygens (including phenoxy) is 1. The first-order valence-electron chi connectivity index (χ1n) is 16.5. The Hall–Kier alpha value is -4.60. The minimum atomic E-state index is -0.324. The van der Waals surface area contributed by atoms with Gasteiger partial charge in [0.15, 0.2) is 0 Å². The number of nitrogens with zero attached hydrogens (tertiary/aromatic N) is 5. The third kappa shape index (κ3) is 6.00. The van der Waals surface area contributed by atoms with Gasteiger partial charge in [0, 0.05) is 54.1 Å². The van der Waals surface area contributed by atoms with Crippen LogP contribution in [-0.2, 0) is 6.54 Å². The van der Waals surface area contributed by atoms with Crippen LogP contribution >= 0.6 is 0 Å². The highest BCUT2D eigenvalue weighted by Crippen LogP contribution is 2.36. The standard InChI is InChI=1S/C37H38FN7O/c38-29-17-27(18-30(20-29)46-15-14-44-10-4-5-11-44)31-8-9-40-37-32(31)21-35(41-37)36-33-19-26(6-7-34(33)42-43-36)28-16-25(22-39-23-28)24-45-12-2-1-3-13-45/h6-9,16-23H,1-5,10-15,24H2,(H,40,41)(H,42,43). The first-order valence-corrected chi connectivity index (χ1v) is 16.5. The summed E-state index contributed by atoms with van der Waals surface area (Å²) in [5.74, 6) is 0.213. The second-order valence-electron chi connectivity index (χ2n) is 12.6. The second kappa shape index (κ2) is 12.7. The molecule has 46 heavy (non-hydrogen) atoms. The summed E-state index contributed by atoms with van der Waals surface area (Å²) in [4.78, 5) is 17.6. The number of piperidine rings is 1. The molecule has 2 aromatic carbocycles. The van der Waals surface area contributed by atoms with Gasteiger partial charge in [0.25, 0.3) is 0 Å². The number of fused-ring (bicyclic) bond motifs is 2. The van der Waals surface area contributed by atoms with Crippen LogP contribution in [0.15, 0.2) is 73.2 Å². The second-order valence-corrected chi connectivity index (χ2v) is 12.6. The molecule has 2 fully saturated rings. The topological polar surface area (TPSA) is 86.0 Å². The highest BCUT2D eigenvalue weighted by molar-refractivity contribution is 6.00. The van der Waals surface area contributed by atoms with Gasteiger partial charge in [0.2, 0.25) is 0 Å². The number of rotatable bonds is 9. The summed E-state index contributed by atoms with van der Waals surface area (Å²) >= 11 is 0. The number of aromatic amines is 2. The maximum Gasteiger partial charge on any atom is 0.138 e. The van der Waals surface area contributed by atoms with E-state index in [4.69, 9.17) is 9.84 Å². The fraction of sp³-hybridized carbons (Fsp3) is 0.324. The molecule has 2 N–H and O–H groups in total. The van der Waals surface area contributed by atoms with Gasteiger partial charge < -0.3 is 9.72 Å². The lowest BCUT2D eigenvalue weighted by molar-refractivity contribution is 0.220. The normalized spacial score (nSPS) is 16.1. The van der Waals surface area contributed by atoms with Gasteiger partial charge in [-0.25, -0.2) is 9.37 Å². The molecule has 0 saturated carbocycles. The number of nitrogens with one attached hydrogen (secondary N) is 2. The van der Waals surface area contributed by atoms with E-state index in [2.05, 4.69) is 60.2 Å². The molecule has 2 aliphatic rings. The smallest absolute Gasteiger partial charge is 0.138 e. The van der Waals surface area contributed by atoms with Crippen molar-refractivity contribution in [3.8, 4) is 39.4 Å². The van der Waals surface area contributed by atoms with E-state index >= 15 is 0 Å². The Kier molecular flexibility index (Phi) is 7.93. The summed E-state index contributed by atoms with van der Waals surface area (Å²) in [6, 6.07) is 17.5. The molecule has 9 heteroatoms. The average Bonchev–Trinajstić information content (AvgIpc) is 3.85. The molecule has 0 bridgehead atoms. The molecule has 8 rings (SSSR count). The zero-order chi connectivity index (χ0) is 30.9. The average molecular weight is 616 g/mol. The Labute approximate surface area is 267 Å². The minimum absolute atomic E-state index is 0.324. The number of likely N-dealkylation sites (tertiary alicyclic amines) is 2. The van der Waals surface area contributed by atoms with Crippen LogP contribution in [0.25, 0.3) is 55.6 Å². The molecule has 0 atom stereocenters. The van der Waals surface area contributed by atoms with Crippen LogP contribution in [0.5, 0.6) is 5.75 Å². The predicted molar refractivity (Wildman–Crippen MR) is 180 cm³/mol. The third-order valence-electron chi connectivity index (χ3n) is 9.39. The SMILES string of the molecule is Fc1cc(OCCN2CCCC2)cc(-c2ccnc3[nH]c(-c4n[nH]c5ccc(-c6cncc(CN7CCCCC7)c6)cc45)cc23)c1. The van der Waals surface area contributed by atoms with Gasteiger partial charge in [0.1, 0.15) is 29.5 Å². The lowest BCUT2D eigenvalue weighted by atomic mass is 10.0. The number of benzene rings is 2. The van der Waals surface area contributed by atoms with Crippen LogP contribution in [0, 0.1) is 5.82 Å². The summed E-state index contributed by atoms with van der Waals surface area (Å²) in [6.45, 7) is 6.85. The van der Waals surface area contributed by atoms with E-state index in [9.17, 15) is 4.39 Å². The van der Waals surface area contributed by atoms with Crippen LogP contribution in [0.4, 0.5) is 4.39 Å². The van der Waals surface area contributed by atoms with Crippen LogP contribution in [0.1, 0.15) is 37.7 Å². The molecule has 0 spiro atoms. The van der Waals surface area contributed by atoms with Crippen LogP contribution < -0.4 is 4.74 Å². The molecular weight excluding hydrogens is 577 g/mol. The lowest BCUT2D eigenvalue weighted by Gasteiger charge is -2.26. The van der Waals surface area contributed by atoms with Gasteiger partial charge in [-0.2, -0.15) is 5.10 Å². The monoisotopic (exact) mass is 615 g/mol. The maximum atomic E-state index is 14.8. The van der Waals surface area contributed by atoms with Crippen molar-refractivity contribution in [1.82, 2.24) is 34.9 Å². The lowest BCUT2D eigenvalue weighted by Crippen LogP contribution is -2.29. The molecule has 0 aliphatic carbocycles. The van der Waals surface area contributed by atoms with E-state index in [1.165, 1.54) is 43.7 Å². The highest BCUT2D eigenvalue weighted by Gasteiger charge is 2.17. The minimum Gasteiger partial charge on any atom is -0.492 e. The summed E-state index contributed by atoms with van der Waals surface area (Å²) in [6.07, 6.45) is 12.0. The molecule has 4 aromatic heterocycles. The number of pyridine rings is 2. The molecule has 0 amide bonds. The number of hydrogen-bond acceptors (Lipinski definition) is 6. The molecule has 6 aromatic rings. The van der Waals surface area contributed by atoms with E-state index in [0.29, 0.717) is 12.4 Å². The van der Waals surface area contributed by atoms with Gasteiger partial charge in [-0.1, -0.05) is 12.5 Å². The molecular formula is C37H38FN7O. The number of aromatic nitrogens is 5. The Morgan fingerprint density at radius 2 is 1.63 bits per heavy atom. The Balaban J connectivity index is 1.08. The molecule has 8 nitrogen and oxygen atoms in total. The zero-order valence-corrected chi connectivity index (χ0v) is 25.9. The first kappa shape index (κ1) is 28.8. The van der Waals surface area contributed by atoms with Crippen molar-refractivity contribution in [3.63, 3.8) is 0 Å². The van der Waals surface area contributed by atoms with Gasteiger partial charge in [-0.15, -0.1) is 0 Å². The van der Waals surface area contributed by atoms with Gasteiger partial charge >= 0.3 is 0 Å². The summed E-state index contributed by atoms with van der Waals surface area (Å²) < 4.78 is 20.8. The van der Waals surface area contributed by atoms with Crippen LogP contribution in [-0.4, -0.2) is 74.3 Å². The van der Waals surface area contributed by atoms with E-state index < -0.39 is 0 Å². The number of halogens is 1. The molecule has 0 unspecified atom stereocenters. The Bertz CT molecular complexity index is 1990. The summed E-state index contributed by atoms with van der Waals surface area (Å²) in [5, 5.41) is 9.79. The van der Waals surface area contributed by atoms with Crippen molar-refractivity contribution in [2.24, 2.45) is 0 Å². The quantitative estimate of drug-likeness (QED) is 0.176. The fourth-order valence-corrected chi connectivity index (χ4v) is 7.01. The van der Waals surface area contributed by atoms with E-state index in [1.807, 2.05) is 24.5 Å². The molecule has 234 valence electrons. The maximum absolute atomic E-state index is 14.8. The number of hydrogen-bond donors (Lipinski definition) is 2. The Morgan fingerprint density at radius 1 is 0.783 bits per heavy atom. The fourth-order valence-electron chi connectivity index (χ4n) is 7.01. The third-order valence-corrected chi connectivity index (χ3v) is 9.39. The van der Waals surface area contributed by atoms with E-state index in [1.54, 1.807) is 12.3 Å². The first-order chi connectivity index (χ1) is 22.7. The van der Waals surface area contributed by atoms with Crippen molar-refractivity contribution in [2.75, 3.05) is 39.3 Å². The number of H-pyrrole nitrogens is 2. The van der Waals surface area contributed by atoms with Crippen molar-refractivity contribution in [2.45, 2.75) is 38.6 Å². The van der Waals surface area contributed by atoms with Crippen molar-refractivity contribution < 1.29 is 9.13 Å². The van der Waals surface area contributed by atoms with E-state index in [0.717, 1.165) is 94.8 Å². The van der Waals surface area contributed by atoms with E-state index in [-0.39, 0.29) is 5.82 Å². The van der Waals surface area contributed by atoms with Gasteiger partial charge in [0.05, 0.1) is 11.2 Å². The van der Waals surface area contributed by atoms with Crippen molar-refractivity contribution >= 4 is 21.9 Å². The summed E-state index contributed by atoms with van der Waals surface area (Å²) in [5.41, 5.74) is 8.37. The van der Waals surface area contributed by atoms with Gasteiger partial charge in [-0.05, 0) is 117 Å². The molecule has 2 saturated heterocycles.